The van der Waals surface area contributed by atoms with Crippen LogP contribution in [0.1, 0.15) is 31.2 Å². The van der Waals surface area contributed by atoms with Gasteiger partial charge in [0.05, 0.1) is 11.9 Å². The van der Waals surface area contributed by atoms with Gasteiger partial charge in [-0.25, -0.2) is 4.98 Å². The molecule has 1 N–H and O–H groups in total. The molecule has 0 amide bonds. The van der Waals surface area contributed by atoms with Crippen molar-refractivity contribution in [1.29, 1.82) is 0 Å². The van der Waals surface area contributed by atoms with Gasteiger partial charge in [-0.3, -0.25) is 4.68 Å². The SMILES string of the molecule is CCC1CN(c2ccc(C)nn2)CCC1N(C)c1nc(Nc2cc(C)n(C)n2)ncc1Cl. The zero-order chi connectivity index (χ0) is 22.8. The van der Waals surface area contributed by atoms with Gasteiger partial charge in [0.1, 0.15) is 5.02 Å². The number of nitrogens with one attached hydrogen (secondary N) is 1. The number of aromatic nitrogens is 6. The van der Waals surface area contributed by atoms with Crippen molar-refractivity contribution in [1.82, 2.24) is 29.9 Å². The molecule has 1 fully saturated rings. The average Bonchev–Trinajstić information content (AvgIpc) is 3.11. The Morgan fingerprint density at radius 2 is 2.06 bits per heavy atom. The Hall–Kier alpha value is -2.94. The first-order chi connectivity index (χ1) is 15.4. The average molecular weight is 456 g/mol. The lowest BCUT2D eigenvalue weighted by Gasteiger charge is -2.43. The number of hydrogen-bond acceptors (Lipinski definition) is 8. The predicted octanol–water partition coefficient (Wildman–Crippen LogP) is 3.76. The van der Waals surface area contributed by atoms with Crippen molar-refractivity contribution >= 4 is 35.0 Å². The van der Waals surface area contributed by atoms with Crippen LogP contribution in [0.3, 0.4) is 0 Å². The summed E-state index contributed by atoms with van der Waals surface area (Å²) < 4.78 is 1.81. The molecule has 2 atom stereocenters. The van der Waals surface area contributed by atoms with Crippen LogP contribution in [0, 0.1) is 19.8 Å². The standard InChI is InChI=1S/C22H30ClN9/c1-6-16-13-32(20-8-7-14(2)27-28-20)10-9-18(16)30(4)21-17(23)12-24-22(26-21)25-19-11-15(3)31(5)29-19/h7-8,11-12,16,18H,6,9-10,13H2,1-5H3,(H,24,25,26,29). The lowest BCUT2D eigenvalue weighted by molar-refractivity contribution is 0.335. The number of rotatable bonds is 6. The summed E-state index contributed by atoms with van der Waals surface area (Å²) in [4.78, 5) is 13.6. The van der Waals surface area contributed by atoms with Gasteiger partial charge >= 0.3 is 0 Å². The monoisotopic (exact) mass is 455 g/mol. The van der Waals surface area contributed by atoms with Crippen LogP contribution in [0.4, 0.5) is 23.4 Å². The normalized spacial score (nSPS) is 18.6. The topological polar surface area (TPSA) is 87.9 Å². The highest BCUT2D eigenvalue weighted by Crippen LogP contribution is 2.32. The molecule has 10 heteroatoms. The second-order valence-corrected chi connectivity index (χ2v) is 8.81. The largest absolute Gasteiger partial charge is 0.355 e. The summed E-state index contributed by atoms with van der Waals surface area (Å²) in [6, 6.07) is 6.34. The van der Waals surface area contributed by atoms with E-state index >= 15 is 0 Å². The molecule has 1 aliphatic rings. The van der Waals surface area contributed by atoms with Crippen LogP contribution in [-0.2, 0) is 7.05 Å². The van der Waals surface area contributed by atoms with Gasteiger partial charge in [-0.2, -0.15) is 15.2 Å². The molecule has 3 aromatic rings. The van der Waals surface area contributed by atoms with Crippen molar-refractivity contribution in [3.8, 4) is 0 Å². The van der Waals surface area contributed by atoms with E-state index in [9.17, 15) is 0 Å². The molecule has 4 rings (SSSR count). The lowest BCUT2D eigenvalue weighted by atomic mass is 9.89. The molecule has 0 spiro atoms. The Kier molecular flexibility index (Phi) is 6.45. The van der Waals surface area contributed by atoms with E-state index in [0.29, 0.717) is 28.7 Å². The number of halogens is 1. The van der Waals surface area contributed by atoms with Gasteiger partial charge in [0.25, 0.3) is 0 Å². The molecule has 2 unspecified atom stereocenters. The van der Waals surface area contributed by atoms with Crippen LogP contribution >= 0.6 is 11.6 Å². The van der Waals surface area contributed by atoms with E-state index in [2.05, 4.69) is 55.4 Å². The molecule has 0 radical (unpaired) electrons. The summed E-state index contributed by atoms with van der Waals surface area (Å²) >= 11 is 6.53. The van der Waals surface area contributed by atoms with Crippen molar-refractivity contribution in [3.63, 3.8) is 0 Å². The summed E-state index contributed by atoms with van der Waals surface area (Å²) in [5, 5.41) is 16.7. The summed E-state index contributed by atoms with van der Waals surface area (Å²) in [5.74, 6) is 3.29. The van der Waals surface area contributed by atoms with Crippen molar-refractivity contribution < 1.29 is 0 Å². The highest BCUT2D eigenvalue weighted by molar-refractivity contribution is 6.32. The molecule has 0 aromatic carbocycles. The molecular formula is C22H30ClN9. The number of piperidine rings is 1. The summed E-state index contributed by atoms with van der Waals surface area (Å²) in [6.45, 7) is 8.01. The molecule has 3 aromatic heterocycles. The number of hydrogen-bond donors (Lipinski definition) is 1. The van der Waals surface area contributed by atoms with E-state index in [1.807, 2.05) is 37.7 Å². The first kappa shape index (κ1) is 22.3. The van der Waals surface area contributed by atoms with Crippen LogP contribution in [0.2, 0.25) is 5.02 Å². The van der Waals surface area contributed by atoms with Gasteiger partial charge in [-0.15, -0.1) is 5.10 Å². The maximum Gasteiger partial charge on any atom is 0.230 e. The molecule has 0 aliphatic carbocycles. The third-order valence-electron chi connectivity index (χ3n) is 6.24. The fourth-order valence-electron chi connectivity index (χ4n) is 4.26. The molecule has 1 aliphatic heterocycles. The molecular weight excluding hydrogens is 426 g/mol. The van der Waals surface area contributed by atoms with Crippen molar-refractivity contribution in [2.24, 2.45) is 13.0 Å². The van der Waals surface area contributed by atoms with Gasteiger partial charge in [-0.05, 0) is 44.7 Å². The maximum atomic E-state index is 6.53. The third kappa shape index (κ3) is 4.62. The first-order valence-corrected chi connectivity index (χ1v) is 11.3. The zero-order valence-electron chi connectivity index (χ0n) is 19.2. The molecule has 0 bridgehead atoms. The maximum absolute atomic E-state index is 6.53. The molecule has 4 heterocycles. The summed E-state index contributed by atoms with van der Waals surface area (Å²) in [5.41, 5.74) is 1.98. The second-order valence-electron chi connectivity index (χ2n) is 8.40. The Balaban J connectivity index is 1.51. The van der Waals surface area contributed by atoms with Crippen LogP contribution < -0.4 is 15.1 Å². The number of nitrogens with zero attached hydrogens (tertiary/aromatic N) is 8. The predicted molar refractivity (Wildman–Crippen MR) is 128 cm³/mol. The lowest BCUT2D eigenvalue weighted by Crippen LogP contribution is -2.50. The summed E-state index contributed by atoms with van der Waals surface area (Å²) in [7, 11) is 3.97. The fourth-order valence-corrected chi connectivity index (χ4v) is 4.48. The van der Waals surface area contributed by atoms with E-state index < -0.39 is 0 Å². The van der Waals surface area contributed by atoms with Crippen LogP contribution in [0.5, 0.6) is 0 Å². The highest BCUT2D eigenvalue weighted by atomic mass is 35.5. The van der Waals surface area contributed by atoms with Crippen LogP contribution in [-0.4, -0.2) is 56.1 Å². The number of anilines is 4. The molecule has 1 saturated heterocycles. The molecule has 9 nitrogen and oxygen atoms in total. The third-order valence-corrected chi connectivity index (χ3v) is 6.50. The van der Waals surface area contributed by atoms with Gasteiger partial charge in [0.15, 0.2) is 17.5 Å². The van der Waals surface area contributed by atoms with Crippen molar-refractivity contribution in [3.05, 3.63) is 40.8 Å². The minimum absolute atomic E-state index is 0.312. The van der Waals surface area contributed by atoms with Gasteiger partial charge in [0, 0.05) is 45.0 Å². The quantitative estimate of drug-likeness (QED) is 0.601. The van der Waals surface area contributed by atoms with E-state index in [4.69, 9.17) is 16.6 Å². The highest BCUT2D eigenvalue weighted by Gasteiger charge is 2.33. The molecule has 32 heavy (non-hydrogen) atoms. The second kappa shape index (κ2) is 9.28. The minimum atomic E-state index is 0.312. The Bertz CT molecular complexity index is 1050. The number of aryl methyl sites for hydroxylation is 3. The molecule has 0 saturated carbocycles. The Labute approximate surface area is 193 Å². The van der Waals surface area contributed by atoms with Gasteiger partial charge in [0.2, 0.25) is 5.95 Å². The van der Waals surface area contributed by atoms with Gasteiger partial charge < -0.3 is 15.1 Å². The fraction of sp³-hybridized carbons (Fsp3) is 0.500. The Morgan fingerprint density at radius 1 is 1.25 bits per heavy atom. The van der Waals surface area contributed by atoms with Crippen molar-refractivity contribution in [2.45, 2.75) is 39.7 Å². The van der Waals surface area contributed by atoms with Crippen LogP contribution in [0.15, 0.2) is 24.4 Å². The summed E-state index contributed by atoms with van der Waals surface area (Å²) in [6.07, 6.45) is 3.68. The minimum Gasteiger partial charge on any atom is -0.355 e. The van der Waals surface area contributed by atoms with E-state index in [0.717, 1.165) is 49.0 Å². The van der Waals surface area contributed by atoms with Crippen LogP contribution in [0.25, 0.3) is 0 Å². The smallest absolute Gasteiger partial charge is 0.230 e. The molecule has 170 valence electrons. The van der Waals surface area contributed by atoms with Gasteiger partial charge in [-0.1, -0.05) is 18.5 Å². The van der Waals surface area contributed by atoms with Crippen molar-refractivity contribution in [2.75, 3.05) is 35.3 Å². The van der Waals surface area contributed by atoms with E-state index in [1.165, 1.54) is 0 Å². The Morgan fingerprint density at radius 3 is 2.72 bits per heavy atom. The zero-order valence-corrected chi connectivity index (χ0v) is 20.0. The first-order valence-electron chi connectivity index (χ1n) is 10.9. The van der Waals surface area contributed by atoms with E-state index in [1.54, 1.807) is 6.20 Å². The van der Waals surface area contributed by atoms with E-state index in [-0.39, 0.29) is 0 Å².